The topological polar surface area (TPSA) is 73.6 Å². The van der Waals surface area contributed by atoms with Crippen LogP contribution >= 0.6 is 11.6 Å². The Labute approximate surface area is 118 Å². The van der Waals surface area contributed by atoms with Gasteiger partial charge in [0.15, 0.2) is 0 Å². The number of anilines is 1. The van der Waals surface area contributed by atoms with Crippen LogP contribution in [0.4, 0.5) is 5.69 Å². The molecule has 1 aromatic carbocycles. The minimum Gasteiger partial charge on any atom is -0.491 e. The molecule has 3 N–H and O–H groups in total. The maximum Gasteiger partial charge on any atom is 0.250 e. The number of carbonyl (C=O) groups excluding carboxylic acids is 1. The molecule has 0 aliphatic carbocycles. The first-order chi connectivity index (χ1) is 9.17. The molecule has 6 heteroatoms. The van der Waals surface area contributed by atoms with Gasteiger partial charge in [-0.1, -0.05) is 18.5 Å². The second-order valence-corrected chi connectivity index (χ2v) is 4.31. The number of nitrogens with one attached hydrogen (secondary N) is 1. The quantitative estimate of drug-likeness (QED) is 0.717. The van der Waals surface area contributed by atoms with Crippen LogP contribution < -0.4 is 15.8 Å². The van der Waals surface area contributed by atoms with E-state index in [1.165, 1.54) is 0 Å². The van der Waals surface area contributed by atoms with E-state index >= 15 is 0 Å². The van der Waals surface area contributed by atoms with Gasteiger partial charge in [0, 0.05) is 11.6 Å². The van der Waals surface area contributed by atoms with Gasteiger partial charge in [-0.3, -0.25) is 4.79 Å². The van der Waals surface area contributed by atoms with Gasteiger partial charge in [0.1, 0.15) is 12.4 Å². The Hall–Kier alpha value is -1.30. The molecule has 0 saturated heterocycles. The molecule has 5 nitrogen and oxygen atoms in total. The van der Waals surface area contributed by atoms with E-state index in [0.717, 1.165) is 6.42 Å². The van der Waals surface area contributed by atoms with E-state index in [1.807, 2.05) is 6.92 Å². The summed E-state index contributed by atoms with van der Waals surface area (Å²) in [6, 6.07) is 5.09. The van der Waals surface area contributed by atoms with Crippen molar-refractivity contribution in [1.82, 2.24) is 0 Å². The van der Waals surface area contributed by atoms with Crippen LogP contribution in [0.25, 0.3) is 0 Å². The zero-order chi connectivity index (χ0) is 14.1. The smallest absolute Gasteiger partial charge is 0.250 e. The highest BCUT2D eigenvalue weighted by molar-refractivity contribution is 6.31. The molecule has 1 rings (SSSR count). The van der Waals surface area contributed by atoms with Crippen LogP contribution in [0.15, 0.2) is 18.2 Å². The second-order valence-electron chi connectivity index (χ2n) is 3.88. The predicted molar refractivity (Wildman–Crippen MR) is 75.7 cm³/mol. The van der Waals surface area contributed by atoms with Crippen molar-refractivity contribution in [2.24, 2.45) is 5.73 Å². The summed E-state index contributed by atoms with van der Waals surface area (Å²) in [6.45, 7) is 3.28. The third-order valence-corrected chi connectivity index (χ3v) is 2.41. The Morgan fingerprint density at radius 2 is 2.21 bits per heavy atom. The van der Waals surface area contributed by atoms with Gasteiger partial charge in [-0.15, -0.1) is 0 Å². The van der Waals surface area contributed by atoms with Crippen molar-refractivity contribution in [3.63, 3.8) is 0 Å². The molecule has 0 aliphatic heterocycles. The van der Waals surface area contributed by atoms with Crippen molar-refractivity contribution in [2.75, 3.05) is 31.7 Å². The SMILES string of the molecule is CCCOc1ccc(Cl)cc1NC(=O)COCCN. The standard InChI is InChI=1S/C13H19ClN2O3/c1-2-6-19-12-4-3-10(14)8-11(12)16-13(17)9-18-7-5-15/h3-4,8H,2,5-7,9,15H2,1H3,(H,16,17). The maximum atomic E-state index is 11.6. The zero-order valence-electron chi connectivity index (χ0n) is 10.9. The lowest BCUT2D eigenvalue weighted by molar-refractivity contribution is -0.120. The summed E-state index contributed by atoms with van der Waals surface area (Å²) in [4.78, 5) is 11.6. The van der Waals surface area contributed by atoms with Gasteiger partial charge in [0.25, 0.3) is 0 Å². The molecule has 0 saturated carbocycles. The number of hydrogen-bond donors (Lipinski definition) is 2. The number of carbonyl (C=O) groups is 1. The van der Waals surface area contributed by atoms with Crippen molar-refractivity contribution in [1.29, 1.82) is 0 Å². The van der Waals surface area contributed by atoms with Crippen molar-refractivity contribution in [3.8, 4) is 5.75 Å². The van der Waals surface area contributed by atoms with Gasteiger partial charge in [-0.05, 0) is 24.6 Å². The van der Waals surface area contributed by atoms with E-state index in [9.17, 15) is 4.79 Å². The van der Waals surface area contributed by atoms with Gasteiger partial charge in [0.2, 0.25) is 5.91 Å². The fourth-order valence-electron chi connectivity index (χ4n) is 1.37. The van der Waals surface area contributed by atoms with Crippen LogP contribution in [0, 0.1) is 0 Å². The number of rotatable bonds is 8. The Kier molecular flexibility index (Phi) is 7.25. The first kappa shape index (κ1) is 15.8. The van der Waals surface area contributed by atoms with Crippen molar-refractivity contribution >= 4 is 23.2 Å². The number of halogens is 1. The lowest BCUT2D eigenvalue weighted by Crippen LogP contribution is -2.21. The summed E-state index contributed by atoms with van der Waals surface area (Å²) >= 11 is 5.91. The highest BCUT2D eigenvalue weighted by atomic mass is 35.5. The van der Waals surface area contributed by atoms with Crippen LogP contribution in [-0.4, -0.2) is 32.3 Å². The first-order valence-corrected chi connectivity index (χ1v) is 6.55. The molecule has 1 aromatic rings. The molecule has 1 amide bonds. The predicted octanol–water partition coefficient (Wildman–Crippen LogP) is 2.04. The minimum atomic E-state index is -0.267. The number of nitrogens with two attached hydrogens (primary N) is 1. The van der Waals surface area contributed by atoms with Crippen LogP contribution in [0.5, 0.6) is 5.75 Å². The molecular weight excluding hydrogens is 268 g/mol. The molecule has 0 aliphatic rings. The largest absolute Gasteiger partial charge is 0.491 e. The van der Waals surface area contributed by atoms with Gasteiger partial charge < -0.3 is 20.5 Å². The number of benzene rings is 1. The van der Waals surface area contributed by atoms with Gasteiger partial charge >= 0.3 is 0 Å². The highest BCUT2D eigenvalue weighted by Gasteiger charge is 2.09. The number of hydrogen-bond acceptors (Lipinski definition) is 4. The van der Waals surface area contributed by atoms with E-state index < -0.39 is 0 Å². The van der Waals surface area contributed by atoms with Crippen LogP contribution in [0.3, 0.4) is 0 Å². The first-order valence-electron chi connectivity index (χ1n) is 6.17. The molecule has 0 unspecified atom stereocenters. The summed E-state index contributed by atoms with van der Waals surface area (Å²) in [5, 5.41) is 3.23. The number of ether oxygens (including phenoxy) is 2. The normalized spacial score (nSPS) is 10.3. The van der Waals surface area contributed by atoms with E-state index in [0.29, 0.717) is 36.2 Å². The third-order valence-electron chi connectivity index (χ3n) is 2.17. The third kappa shape index (κ3) is 5.92. The Balaban J connectivity index is 2.63. The molecule has 0 radical (unpaired) electrons. The van der Waals surface area contributed by atoms with Gasteiger partial charge in [-0.25, -0.2) is 0 Å². The summed E-state index contributed by atoms with van der Waals surface area (Å²) in [5.74, 6) is 0.329. The van der Waals surface area contributed by atoms with E-state index in [1.54, 1.807) is 18.2 Å². The van der Waals surface area contributed by atoms with Gasteiger partial charge in [0.05, 0.1) is 18.9 Å². The maximum absolute atomic E-state index is 11.6. The average Bonchev–Trinajstić information content (AvgIpc) is 2.38. The molecule has 0 bridgehead atoms. The van der Waals surface area contributed by atoms with Crippen molar-refractivity contribution in [3.05, 3.63) is 23.2 Å². The molecule has 0 spiro atoms. The van der Waals surface area contributed by atoms with Crippen molar-refractivity contribution < 1.29 is 14.3 Å². The van der Waals surface area contributed by atoms with Gasteiger partial charge in [-0.2, -0.15) is 0 Å². The zero-order valence-corrected chi connectivity index (χ0v) is 11.7. The molecule has 106 valence electrons. The van der Waals surface area contributed by atoms with Crippen LogP contribution in [0.2, 0.25) is 5.02 Å². The number of amides is 1. The van der Waals surface area contributed by atoms with E-state index in [4.69, 9.17) is 26.8 Å². The molecule has 0 aromatic heterocycles. The summed E-state index contributed by atoms with van der Waals surface area (Å²) in [5.41, 5.74) is 5.82. The summed E-state index contributed by atoms with van der Waals surface area (Å²) in [6.07, 6.45) is 0.885. The molecule has 0 fully saturated rings. The molecular formula is C13H19ClN2O3. The Bertz CT molecular complexity index is 413. The fraction of sp³-hybridized carbons (Fsp3) is 0.462. The highest BCUT2D eigenvalue weighted by Crippen LogP contribution is 2.28. The Morgan fingerprint density at radius 3 is 2.89 bits per heavy atom. The van der Waals surface area contributed by atoms with E-state index in [2.05, 4.69) is 5.32 Å². The van der Waals surface area contributed by atoms with Crippen molar-refractivity contribution in [2.45, 2.75) is 13.3 Å². The monoisotopic (exact) mass is 286 g/mol. The van der Waals surface area contributed by atoms with Crippen LogP contribution in [-0.2, 0) is 9.53 Å². The molecule has 0 heterocycles. The lowest BCUT2D eigenvalue weighted by Gasteiger charge is -2.12. The average molecular weight is 287 g/mol. The summed E-state index contributed by atoms with van der Waals surface area (Å²) in [7, 11) is 0. The minimum absolute atomic E-state index is 0.0447. The fourth-order valence-corrected chi connectivity index (χ4v) is 1.54. The molecule has 0 atom stereocenters. The Morgan fingerprint density at radius 1 is 1.42 bits per heavy atom. The lowest BCUT2D eigenvalue weighted by atomic mass is 10.3. The second kappa shape index (κ2) is 8.74. The van der Waals surface area contributed by atoms with Crippen LogP contribution in [0.1, 0.15) is 13.3 Å². The molecule has 19 heavy (non-hydrogen) atoms. The van der Waals surface area contributed by atoms with E-state index in [-0.39, 0.29) is 12.5 Å². The summed E-state index contributed by atoms with van der Waals surface area (Å²) < 4.78 is 10.6.